The second-order valence-corrected chi connectivity index (χ2v) is 5.94. The number of β-amino-alcohol motifs (C(OH)–C–C–N with tert-alkyl or cyclic N) is 1. The quantitative estimate of drug-likeness (QED) is 0.835. The van der Waals surface area contributed by atoms with Crippen LogP contribution in [0.25, 0.3) is 0 Å². The summed E-state index contributed by atoms with van der Waals surface area (Å²) >= 11 is 1.66. The second-order valence-electron chi connectivity index (χ2n) is 5.06. The number of amides is 1. The van der Waals surface area contributed by atoms with E-state index in [4.69, 9.17) is 0 Å². The Labute approximate surface area is 112 Å². The van der Waals surface area contributed by atoms with Gasteiger partial charge >= 0.3 is 0 Å². The predicted octanol–water partition coefficient (Wildman–Crippen LogP) is 2.40. The molecule has 0 aromatic heterocycles. The van der Waals surface area contributed by atoms with Crippen molar-refractivity contribution in [1.29, 1.82) is 0 Å². The molecule has 1 saturated heterocycles. The highest BCUT2D eigenvalue weighted by Crippen LogP contribution is 2.22. The van der Waals surface area contributed by atoms with Crippen LogP contribution in [0.3, 0.4) is 0 Å². The molecule has 0 aliphatic carbocycles. The molecule has 1 atom stereocenters. The zero-order valence-electron chi connectivity index (χ0n) is 10.8. The Bertz CT molecular complexity index is 428. The van der Waals surface area contributed by atoms with Gasteiger partial charge in [0.15, 0.2) is 0 Å². The standard InChI is InChI=1S/C14H19NO2S/c1-14(17)8-3-9-15(10-14)13(16)11-4-6-12(18-2)7-5-11/h4-7,17H,3,8-10H2,1-2H3. The third kappa shape index (κ3) is 3.06. The maximum Gasteiger partial charge on any atom is 0.253 e. The van der Waals surface area contributed by atoms with E-state index in [1.54, 1.807) is 23.6 Å². The van der Waals surface area contributed by atoms with Crippen LogP contribution in [0.15, 0.2) is 29.2 Å². The van der Waals surface area contributed by atoms with Crippen molar-refractivity contribution in [2.45, 2.75) is 30.3 Å². The van der Waals surface area contributed by atoms with Gasteiger partial charge in [-0.15, -0.1) is 11.8 Å². The van der Waals surface area contributed by atoms with Gasteiger partial charge in [-0.2, -0.15) is 0 Å². The SMILES string of the molecule is CSc1ccc(C(=O)N2CCCC(C)(O)C2)cc1. The number of rotatable bonds is 2. The van der Waals surface area contributed by atoms with Gasteiger partial charge in [0.1, 0.15) is 0 Å². The molecule has 1 aliphatic heterocycles. The Morgan fingerprint density at radius 1 is 1.39 bits per heavy atom. The van der Waals surface area contributed by atoms with Crippen LogP contribution in [0, 0.1) is 0 Å². The molecule has 0 radical (unpaired) electrons. The number of likely N-dealkylation sites (tertiary alicyclic amines) is 1. The first kappa shape index (κ1) is 13.4. The van der Waals surface area contributed by atoms with Crippen molar-refractivity contribution in [2.75, 3.05) is 19.3 Å². The maximum atomic E-state index is 12.3. The Morgan fingerprint density at radius 3 is 2.61 bits per heavy atom. The zero-order chi connectivity index (χ0) is 13.2. The summed E-state index contributed by atoms with van der Waals surface area (Å²) in [5.41, 5.74) is -0.0434. The summed E-state index contributed by atoms with van der Waals surface area (Å²) in [5.74, 6) is 0.0163. The fourth-order valence-electron chi connectivity index (χ4n) is 2.31. The van der Waals surface area contributed by atoms with E-state index < -0.39 is 5.60 Å². The van der Waals surface area contributed by atoms with Crippen molar-refractivity contribution >= 4 is 17.7 Å². The molecule has 4 heteroatoms. The van der Waals surface area contributed by atoms with Crippen LogP contribution in [0.5, 0.6) is 0 Å². The molecule has 0 saturated carbocycles. The van der Waals surface area contributed by atoms with Crippen molar-refractivity contribution in [1.82, 2.24) is 4.90 Å². The Balaban J connectivity index is 2.10. The number of nitrogens with zero attached hydrogens (tertiary/aromatic N) is 1. The van der Waals surface area contributed by atoms with Crippen LogP contribution in [0.2, 0.25) is 0 Å². The monoisotopic (exact) mass is 265 g/mol. The van der Waals surface area contributed by atoms with Gasteiger partial charge in [0, 0.05) is 23.5 Å². The number of carbonyl (C=O) groups excluding carboxylic acids is 1. The topological polar surface area (TPSA) is 40.5 Å². The van der Waals surface area contributed by atoms with Crippen molar-refractivity contribution in [3.63, 3.8) is 0 Å². The highest BCUT2D eigenvalue weighted by molar-refractivity contribution is 7.98. The molecule has 18 heavy (non-hydrogen) atoms. The van der Waals surface area contributed by atoms with Crippen LogP contribution in [0.4, 0.5) is 0 Å². The molecule has 1 heterocycles. The molecule has 1 amide bonds. The normalized spacial score (nSPS) is 24.1. The van der Waals surface area contributed by atoms with Crippen LogP contribution in [-0.2, 0) is 0 Å². The van der Waals surface area contributed by atoms with Crippen molar-refractivity contribution in [2.24, 2.45) is 0 Å². The molecule has 3 nitrogen and oxygen atoms in total. The average molecular weight is 265 g/mol. The molecule has 1 fully saturated rings. The lowest BCUT2D eigenvalue weighted by atomic mass is 9.94. The Morgan fingerprint density at radius 2 is 2.06 bits per heavy atom. The van der Waals surface area contributed by atoms with E-state index in [9.17, 15) is 9.90 Å². The molecule has 1 aromatic carbocycles. The van der Waals surface area contributed by atoms with E-state index in [2.05, 4.69) is 0 Å². The zero-order valence-corrected chi connectivity index (χ0v) is 11.7. The van der Waals surface area contributed by atoms with Crippen LogP contribution >= 0.6 is 11.8 Å². The first-order valence-electron chi connectivity index (χ1n) is 6.17. The molecular formula is C14H19NO2S. The van der Waals surface area contributed by atoms with Gasteiger partial charge in [-0.05, 0) is 50.3 Å². The van der Waals surface area contributed by atoms with E-state index in [1.165, 1.54) is 0 Å². The third-order valence-corrected chi connectivity index (χ3v) is 4.04. The number of thioether (sulfide) groups is 1. The highest BCUT2D eigenvalue weighted by Gasteiger charge is 2.31. The van der Waals surface area contributed by atoms with Crippen LogP contribution < -0.4 is 0 Å². The fourth-order valence-corrected chi connectivity index (χ4v) is 2.72. The minimum atomic E-state index is -0.743. The number of aliphatic hydroxyl groups is 1. The van der Waals surface area contributed by atoms with Crippen molar-refractivity contribution in [3.8, 4) is 0 Å². The lowest BCUT2D eigenvalue weighted by Gasteiger charge is -2.36. The fraction of sp³-hybridized carbons (Fsp3) is 0.500. The number of benzene rings is 1. The number of carbonyl (C=O) groups is 1. The van der Waals surface area contributed by atoms with Gasteiger partial charge in [-0.1, -0.05) is 0 Å². The summed E-state index contributed by atoms with van der Waals surface area (Å²) in [6, 6.07) is 7.63. The molecule has 0 bridgehead atoms. The second kappa shape index (κ2) is 5.33. The minimum Gasteiger partial charge on any atom is -0.388 e. The van der Waals surface area contributed by atoms with Gasteiger partial charge in [0.25, 0.3) is 5.91 Å². The van der Waals surface area contributed by atoms with Crippen molar-refractivity contribution < 1.29 is 9.90 Å². The van der Waals surface area contributed by atoms with E-state index in [1.807, 2.05) is 30.5 Å². The predicted molar refractivity (Wildman–Crippen MR) is 74.0 cm³/mol. The Kier molecular flexibility index (Phi) is 3.97. The number of hydrogen-bond donors (Lipinski definition) is 1. The summed E-state index contributed by atoms with van der Waals surface area (Å²) in [7, 11) is 0. The number of piperidine rings is 1. The third-order valence-electron chi connectivity index (χ3n) is 3.30. The summed E-state index contributed by atoms with van der Waals surface area (Å²) in [5, 5.41) is 10.0. The molecule has 98 valence electrons. The molecule has 1 aliphatic rings. The lowest BCUT2D eigenvalue weighted by molar-refractivity contribution is -0.0107. The maximum absolute atomic E-state index is 12.3. The average Bonchev–Trinajstić information content (AvgIpc) is 2.37. The molecule has 2 rings (SSSR count). The van der Waals surface area contributed by atoms with Gasteiger partial charge in [0.05, 0.1) is 5.60 Å². The largest absolute Gasteiger partial charge is 0.388 e. The van der Waals surface area contributed by atoms with Crippen molar-refractivity contribution in [3.05, 3.63) is 29.8 Å². The summed E-state index contributed by atoms with van der Waals surface area (Å²) in [4.78, 5) is 15.2. The molecule has 1 aromatic rings. The van der Waals surface area contributed by atoms with Crippen LogP contribution in [0.1, 0.15) is 30.1 Å². The van der Waals surface area contributed by atoms with Crippen LogP contribution in [-0.4, -0.2) is 40.9 Å². The number of hydrogen-bond acceptors (Lipinski definition) is 3. The Hall–Kier alpha value is -1.00. The minimum absolute atomic E-state index is 0.0163. The lowest BCUT2D eigenvalue weighted by Crippen LogP contribution is -2.48. The summed E-state index contributed by atoms with van der Waals surface area (Å²) < 4.78 is 0. The molecule has 1 unspecified atom stereocenters. The van der Waals surface area contributed by atoms with E-state index >= 15 is 0 Å². The van der Waals surface area contributed by atoms with E-state index in [0.29, 0.717) is 12.1 Å². The van der Waals surface area contributed by atoms with E-state index in [0.717, 1.165) is 24.3 Å². The molecular weight excluding hydrogens is 246 g/mol. The van der Waals surface area contributed by atoms with Gasteiger partial charge < -0.3 is 10.0 Å². The van der Waals surface area contributed by atoms with Gasteiger partial charge in [-0.25, -0.2) is 0 Å². The van der Waals surface area contributed by atoms with E-state index in [-0.39, 0.29) is 5.91 Å². The highest BCUT2D eigenvalue weighted by atomic mass is 32.2. The van der Waals surface area contributed by atoms with Gasteiger partial charge in [-0.3, -0.25) is 4.79 Å². The van der Waals surface area contributed by atoms with Gasteiger partial charge in [0.2, 0.25) is 0 Å². The summed E-state index contributed by atoms with van der Waals surface area (Å²) in [6.45, 7) is 2.96. The first-order valence-corrected chi connectivity index (χ1v) is 7.40. The molecule has 1 N–H and O–H groups in total. The smallest absolute Gasteiger partial charge is 0.253 e. The summed E-state index contributed by atoms with van der Waals surface area (Å²) in [6.07, 6.45) is 3.64. The molecule has 0 spiro atoms. The first-order chi connectivity index (χ1) is 8.52.